The SMILES string of the molecule is O=C(NCc1ccc(-n2cnc3ccccc32)nc1)c1ccc(Cl)o1. The van der Waals surface area contributed by atoms with E-state index >= 15 is 0 Å². The molecule has 0 bridgehead atoms. The summed E-state index contributed by atoms with van der Waals surface area (Å²) in [6.45, 7) is 0.342. The number of benzene rings is 1. The van der Waals surface area contributed by atoms with Crippen molar-refractivity contribution in [2.75, 3.05) is 0 Å². The Morgan fingerprint density at radius 3 is 2.76 bits per heavy atom. The van der Waals surface area contributed by atoms with E-state index in [-0.39, 0.29) is 16.9 Å². The molecular weight excluding hydrogens is 340 g/mol. The monoisotopic (exact) mass is 352 g/mol. The minimum atomic E-state index is -0.323. The van der Waals surface area contributed by atoms with Crippen LogP contribution in [0.25, 0.3) is 16.9 Å². The maximum Gasteiger partial charge on any atom is 0.287 e. The van der Waals surface area contributed by atoms with Gasteiger partial charge in [-0.3, -0.25) is 9.36 Å². The highest BCUT2D eigenvalue weighted by Gasteiger charge is 2.10. The van der Waals surface area contributed by atoms with Crippen molar-refractivity contribution in [3.8, 4) is 5.82 Å². The van der Waals surface area contributed by atoms with Crippen molar-refractivity contribution in [2.24, 2.45) is 0 Å². The Kier molecular flexibility index (Phi) is 3.95. The number of para-hydroxylation sites is 2. The zero-order chi connectivity index (χ0) is 17.2. The average Bonchev–Trinajstić information content (AvgIpc) is 3.26. The molecule has 0 aliphatic carbocycles. The summed E-state index contributed by atoms with van der Waals surface area (Å²) in [5.74, 6) is 0.623. The number of nitrogens with zero attached hydrogens (tertiary/aromatic N) is 3. The molecule has 0 radical (unpaired) electrons. The van der Waals surface area contributed by atoms with Gasteiger partial charge in [-0.2, -0.15) is 0 Å². The molecule has 7 heteroatoms. The standard InChI is InChI=1S/C18H13ClN4O2/c19-16-7-6-15(25-16)18(24)21-10-12-5-8-17(20-9-12)23-11-22-13-3-1-2-4-14(13)23/h1-9,11H,10H2,(H,21,24). The third-order valence-corrected chi connectivity index (χ3v) is 3.96. The minimum absolute atomic E-state index is 0.180. The number of carbonyl (C=O) groups is 1. The molecule has 25 heavy (non-hydrogen) atoms. The predicted octanol–water partition coefficient (Wildman–Crippen LogP) is 3.60. The highest BCUT2D eigenvalue weighted by Crippen LogP contribution is 2.17. The fourth-order valence-corrected chi connectivity index (χ4v) is 2.66. The molecule has 0 saturated heterocycles. The lowest BCUT2D eigenvalue weighted by atomic mass is 10.2. The van der Waals surface area contributed by atoms with Gasteiger partial charge < -0.3 is 9.73 Å². The molecule has 3 aromatic heterocycles. The highest BCUT2D eigenvalue weighted by molar-refractivity contribution is 6.29. The number of fused-ring (bicyclic) bond motifs is 1. The number of halogens is 1. The highest BCUT2D eigenvalue weighted by atomic mass is 35.5. The molecule has 0 unspecified atom stereocenters. The first kappa shape index (κ1) is 15.4. The van der Waals surface area contributed by atoms with Gasteiger partial charge in [0.15, 0.2) is 11.0 Å². The van der Waals surface area contributed by atoms with E-state index in [2.05, 4.69) is 15.3 Å². The van der Waals surface area contributed by atoms with Crippen LogP contribution in [-0.4, -0.2) is 20.4 Å². The van der Waals surface area contributed by atoms with Gasteiger partial charge >= 0.3 is 0 Å². The number of aromatic nitrogens is 3. The minimum Gasteiger partial charge on any atom is -0.440 e. The van der Waals surface area contributed by atoms with Gasteiger partial charge in [0, 0.05) is 12.7 Å². The van der Waals surface area contributed by atoms with Crippen LogP contribution in [0.2, 0.25) is 5.22 Å². The van der Waals surface area contributed by atoms with Gasteiger partial charge in [0.1, 0.15) is 12.1 Å². The number of hydrogen-bond acceptors (Lipinski definition) is 4. The quantitative estimate of drug-likeness (QED) is 0.609. The Morgan fingerprint density at radius 2 is 2.00 bits per heavy atom. The molecule has 1 aromatic carbocycles. The maximum absolute atomic E-state index is 11.9. The molecule has 6 nitrogen and oxygen atoms in total. The second kappa shape index (κ2) is 6.41. The van der Waals surface area contributed by atoms with Crippen molar-refractivity contribution in [2.45, 2.75) is 6.54 Å². The van der Waals surface area contributed by atoms with E-state index in [1.54, 1.807) is 12.5 Å². The number of carbonyl (C=O) groups excluding carboxylic acids is 1. The fraction of sp³-hybridized carbons (Fsp3) is 0.0556. The normalized spacial score (nSPS) is 10.9. The van der Waals surface area contributed by atoms with Gasteiger partial charge in [0.05, 0.1) is 11.0 Å². The zero-order valence-corrected chi connectivity index (χ0v) is 13.8. The number of amides is 1. The summed E-state index contributed by atoms with van der Waals surface area (Å²) in [4.78, 5) is 20.7. The molecule has 0 aliphatic heterocycles. The lowest BCUT2D eigenvalue weighted by Gasteiger charge is -2.06. The van der Waals surface area contributed by atoms with E-state index in [1.165, 1.54) is 12.1 Å². The first-order valence-corrected chi connectivity index (χ1v) is 7.99. The second-order valence-corrected chi connectivity index (χ2v) is 5.79. The molecule has 0 spiro atoms. The van der Waals surface area contributed by atoms with Crippen LogP contribution in [0.3, 0.4) is 0 Å². The first-order valence-electron chi connectivity index (χ1n) is 7.61. The van der Waals surface area contributed by atoms with Crippen LogP contribution in [0.4, 0.5) is 0 Å². The molecule has 4 aromatic rings. The van der Waals surface area contributed by atoms with E-state index in [9.17, 15) is 4.79 Å². The first-order chi connectivity index (χ1) is 12.2. The Morgan fingerprint density at radius 1 is 1.12 bits per heavy atom. The van der Waals surface area contributed by atoms with Gasteiger partial charge in [0.25, 0.3) is 5.91 Å². The molecule has 4 rings (SSSR count). The third-order valence-electron chi connectivity index (χ3n) is 3.76. The Bertz CT molecular complexity index is 1040. The van der Waals surface area contributed by atoms with E-state index in [1.807, 2.05) is 41.0 Å². The fourth-order valence-electron chi connectivity index (χ4n) is 2.51. The lowest BCUT2D eigenvalue weighted by molar-refractivity contribution is 0.0923. The van der Waals surface area contributed by atoms with Crippen LogP contribution >= 0.6 is 11.6 Å². The molecule has 1 amide bonds. The van der Waals surface area contributed by atoms with Crippen molar-refractivity contribution in [3.05, 3.63) is 77.6 Å². The van der Waals surface area contributed by atoms with Crippen LogP contribution in [0.15, 0.2) is 65.5 Å². The van der Waals surface area contributed by atoms with Crippen molar-refractivity contribution < 1.29 is 9.21 Å². The largest absolute Gasteiger partial charge is 0.440 e. The molecule has 0 atom stereocenters. The maximum atomic E-state index is 11.9. The molecular formula is C18H13ClN4O2. The van der Waals surface area contributed by atoms with E-state index in [0.717, 1.165) is 22.4 Å². The predicted molar refractivity (Wildman–Crippen MR) is 93.8 cm³/mol. The summed E-state index contributed by atoms with van der Waals surface area (Å²) in [5, 5.41) is 2.95. The number of imidazole rings is 1. The van der Waals surface area contributed by atoms with Crippen LogP contribution in [0, 0.1) is 0 Å². The van der Waals surface area contributed by atoms with Gasteiger partial charge in [-0.1, -0.05) is 18.2 Å². The molecule has 1 N–H and O–H groups in total. The smallest absolute Gasteiger partial charge is 0.287 e. The van der Waals surface area contributed by atoms with Crippen LogP contribution in [0.1, 0.15) is 16.1 Å². The number of pyridine rings is 1. The zero-order valence-electron chi connectivity index (χ0n) is 13.0. The number of furan rings is 1. The van der Waals surface area contributed by atoms with Gasteiger partial charge in [-0.15, -0.1) is 0 Å². The molecule has 0 fully saturated rings. The van der Waals surface area contributed by atoms with Crippen LogP contribution in [-0.2, 0) is 6.54 Å². The molecule has 3 heterocycles. The van der Waals surface area contributed by atoms with Gasteiger partial charge in [-0.25, -0.2) is 9.97 Å². The second-order valence-electron chi connectivity index (χ2n) is 5.41. The van der Waals surface area contributed by atoms with E-state index in [0.29, 0.717) is 6.54 Å². The molecule has 0 aliphatic rings. The number of hydrogen-bond donors (Lipinski definition) is 1. The molecule has 0 saturated carbocycles. The summed E-state index contributed by atoms with van der Waals surface area (Å²) >= 11 is 5.67. The van der Waals surface area contributed by atoms with Crippen LogP contribution in [0.5, 0.6) is 0 Å². The topological polar surface area (TPSA) is 73.0 Å². The summed E-state index contributed by atoms with van der Waals surface area (Å²) in [5.41, 5.74) is 2.78. The Hall–Kier alpha value is -3.12. The van der Waals surface area contributed by atoms with Gasteiger partial charge in [0.2, 0.25) is 0 Å². The summed E-state index contributed by atoms with van der Waals surface area (Å²) < 4.78 is 6.99. The van der Waals surface area contributed by atoms with Crippen LogP contribution < -0.4 is 5.32 Å². The summed E-state index contributed by atoms with van der Waals surface area (Å²) in [6, 6.07) is 14.7. The van der Waals surface area contributed by atoms with Crippen molar-refractivity contribution in [3.63, 3.8) is 0 Å². The Balaban J connectivity index is 1.48. The summed E-state index contributed by atoms with van der Waals surface area (Å²) in [6.07, 6.45) is 3.47. The van der Waals surface area contributed by atoms with Gasteiger partial charge in [-0.05, 0) is 47.5 Å². The van der Waals surface area contributed by atoms with Crippen molar-refractivity contribution >= 4 is 28.5 Å². The number of nitrogens with one attached hydrogen (secondary N) is 1. The average molecular weight is 353 g/mol. The Labute approximate surface area is 148 Å². The molecule has 124 valence electrons. The van der Waals surface area contributed by atoms with E-state index in [4.69, 9.17) is 16.0 Å². The number of rotatable bonds is 4. The lowest BCUT2D eigenvalue weighted by Crippen LogP contribution is -2.22. The van der Waals surface area contributed by atoms with Crippen molar-refractivity contribution in [1.29, 1.82) is 0 Å². The van der Waals surface area contributed by atoms with Crippen molar-refractivity contribution in [1.82, 2.24) is 19.9 Å². The third kappa shape index (κ3) is 3.12. The van der Waals surface area contributed by atoms with E-state index < -0.39 is 0 Å². The summed E-state index contributed by atoms with van der Waals surface area (Å²) in [7, 11) is 0.